The predicted octanol–water partition coefficient (Wildman–Crippen LogP) is 3.78. The molecule has 198 valence electrons. The van der Waals surface area contributed by atoms with Crippen LogP contribution in [0.1, 0.15) is 45.7 Å². The number of para-hydroxylation sites is 1. The van der Waals surface area contributed by atoms with Crippen LogP contribution in [0.25, 0.3) is 5.65 Å². The molecule has 2 N–H and O–H groups in total. The number of anilines is 3. The van der Waals surface area contributed by atoms with Gasteiger partial charge in [-0.25, -0.2) is 14.8 Å². The van der Waals surface area contributed by atoms with Gasteiger partial charge in [-0.3, -0.25) is 9.20 Å². The summed E-state index contributed by atoms with van der Waals surface area (Å²) in [4.78, 5) is 38.7. The minimum Gasteiger partial charge on any atom is -0.478 e. The number of carbonyl (C=O) groups is 1. The molecule has 1 fully saturated rings. The number of fused-ring (bicyclic) bond motifs is 1. The number of nitriles is 1. The minimum absolute atomic E-state index is 0.139. The number of aromatic carboxylic acids is 1. The van der Waals surface area contributed by atoms with Crippen molar-refractivity contribution < 1.29 is 9.90 Å². The van der Waals surface area contributed by atoms with Gasteiger partial charge in [0.2, 0.25) is 0 Å². The molecule has 3 aromatic heterocycles. The number of nitrogens with one attached hydrogen (secondary N) is 1. The van der Waals surface area contributed by atoms with Crippen LogP contribution in [0.3, 0.4) is 0 Å². The Kier molecular flexibility index (Phi) is 6.90. The summed E-state index contributed by atoms with van der Waals surface area (Å²) < 4.78 is 1.58. The fraction of sp³-hybridized carbons (Fsp3) is 0.276. The van der Waals surface area contributed by atoms with Gasteiger partial charge in [0.1, 0.15) is 17.5 Å². The first-order valence-electron chi connectivity index (χ1n) is 12.8. The van der Waals surface area contributed by atoms with Gasteiger partial charge in [0.25, 0.3) is 5.56 Å². The molecule has 0 radical (unpaired) electrons. The molecular formula is C29H29N7O3. The maximum atomic E-state index is 13.5. The number of aromatic nitrogens is 3. The smallest absolute Gasteiger partial charge is 0.337 e. The Balaban J connectivity index is 1.49. The molecule has 5 rings (SSSR count). The second-order valence-corrected chi connectivity index (χ2v) is 9.71. The molecule has 1 aliphatic heterocycles. The largest absolute Gasteiger partial charge is 0.478 e. The molecule has 0 saturated carbocycles. The van der Waals surface area contributed by atoms with Gasteiger partial charge in [-0.05, 0) is 56.7 Å². The number of hydrogen-bond donors (Lipinski definition) is 2. The summed E-state index contributed by atoms with van der Waals surface area (Å²) in [6, 6.07) is 14.3. The molecule has 1 unspecified atom stereocenters. The van der Waals surface area contributed by atoms with Crippen LogP contribution in [-0.2, 0) is 0 Å². The third-order valence-corrected chi connectivity index (χ3v) is 7.10. The van der Waals surface area contributed by atoms with Gasteiger partial charge in [0.05, 0.1) is 22.9 Å². The molecule has 0 amide bonds. The molecule has 39 heavy (non-hydrogen) atoms. The van der Waals surface area contributed by atoms with E-state index in [1.54, 1.807) is 48.0 Å². The summed E-state index contributed by atoms with van der Waals surface area (Å²) in [5.41, 5.74) is 4.52. The molecule has 1 aromatic carbocycles. The highest BCUT2D eigenvalue weighted by Crippen LogP contribution is 2.28. The summed E-state index contributed by atoms with van der Waals surface area (Å²) in [5, 5.41) is 22.4. The molecule has 10 nitrogen and oxygen atoms in total. The Morgan fingerprint density at radius 1 is 1.10 bits per heavy atom. The third-order valence-electron chi connectivity index (χ3n) is 7.10. The van der Waals surface area contributed by atoms with Gasteiger partial charge in [-0.15, -0.1) is 0 Å². The second-order valence-electron chi connectivity index (χ2n) is 9.71. The van der Waals surface area contributed by atoms with E-state index >= 15 is 0 Å². The number of hydrogen-bond acceptors (Lipinski definition) is 8. The van der Waals surface area contributed by atoms with Crippen molar-refractivity contribution in [1.82, 2.24) is 14.4 Å². The van der Waals surface area contributed by atoms with Crippen LogP contribution in [0.4, 0.5) is 17.2 Å². The molecule has 0 bridgehead atoms. The Morgan fingerprint density at radius 2 is 1.82 bits per heavy atom. The van der Waals surface area contributed by atoms with Crippen molar-refractivity contribution in [3.63, 3.8) is 0 Å². The van der Waals surface area contributed by atoms with E-state index < -0.39 is 5.97 Å². The first kappa shape index (κ1) is 25.7. The van der Waals surface area contributed by atoms with Crippen molar-refractivity contribution in [3.05, 3.63) is 93.2 Å². The zero-order valence-electron chi connectivity index (χ0n) is 22.0. The highest BCUT2D eigenvalue weighted by molar-refractivity contribution is 5.94. The number of rotatable bonds is 6. The van der Waals surface area contributed by atoms with Crippen LogP contribution in [0, 0.1) is 25.2 Å². The summed E-state index contributed by atoms with van der Waals surface area (Å²) in [5.74, 6) is -0.381. The van der Waals surface area contributed by atoms with Gasteiger partial charge in [-0.2, -0.15) is 5.26 Å². The monoisotopic (exact) mass is 523 g/mol. The van der Waals surface area contributed by atoms with Crippen LogP contribution >= 0.6 is 0 Å². The van der Waals surface area contributed by atoms with Crippen LogP contribution in [0.2, 0.25) is 0 Å². The standard InChI is InChI=1S/C29H29N7O3/c1-18-15-22(20(3)32-23-8-5-4-7-21(23)29(38)39)27-33-26(19(2)28(37)36(27)17-18)35-13-11-34(12-14-35)25-9-6-10-31-24(25)16-30/h4-10,15,17,20,32H,11-14H2,1-3H3,(H,38,39). The number of nitrogens with zero attached hydrogens (tertiary/aromatic N) is 6. The van der Waals surface area contributed by atoms with Gasteiger partial charge in [0.15, 0.2) is 5.69 Å². The van der Waals surface area contributed by atoms with Crippen LogP contribution in [0.5, 0.6) is 0 Å². The fourth-order valence-electron chi connectivity index (χ4n) is 5.11. The number of carboxylic acids is 1. The summed E-state index contributed by atoms with van der Waals surface area (Å²) in [6.07, 6.45) is 3.40. The molecule has 4 heterocycles. The highest BCUT2D eigenvalue weighted by Gasteiger charge is 2.25. The molecule has 10 heteroatoms. The second kappa shape index (κ2) is 10.5. The lowest BCUT2D eigenvalue weighted by atomic mass is 10.1. The van der Waals surface area contributed by atoms with Crippen molar-refractivity contribution in [2.24, 2.45) is 0 Å². The first-order valence-corrected chi connectivity index (χ1v) is 12.8. The zero-order valence-corrected chi connectivity index (χ0v) is 22.0. The number of piperazine rings is 1. The van der Waals surface area contributed by atoms with Crippen molar-refractivity contribution in [2.75, 3.05) is 41.3 Å². The highest BCUT2D eigenvalue weighted by atomic mass is 16.4. The van der Waals surface area contributed by atoms with E-state index in [1.165, 1.54) is 0 Å². The molecule has 4 aromatic rings. The number of aryl methyl sites for hydroxylation is 1. The lowest BCUT2D eigenvalue weighted by Gasteiger charge is -2.37. The van der Waals surface area contributed by atoms with E-state index in [2.05, 4.69) is 26.2 Å². The van der Waals surface area contributed by atoms with Crippen molar-refractivity contribution in [1.29, 1.82) is 5.26 Å². The van der Waals surface area contributed by atoms with E-state index in [0.29, 0.717) is 54.6 Å². The van der Waals surface area contributed by atoms with E-state index in [9.17, 15) is 20.0 Å². The summed E-state index contributed by atoms with van der Waals surface area (Å²) >= 11 is 0. The van der Waals surface area contributed by atoms with Gasteiger partial charge in [-0.1, -0.05) is 12.1 Å². The van der Waals surface area contributed by atoms with Crippen molar-refractivity contribution in [2.45, 2.75) is 26.8 Å². The van der Waals surface area contributed by atoms with E-state index in [-0.39, 0.29) is 17.2 Å². The lowest BCUT2D eigenvalue weighted by Crippen LogP contribution is -2.48. The average Bonchev–Trinajstić information content (AvgIpc) is 2.95. The Labute approximate surface area is 225 Å². The van der Waals surface area contributed by atoms with Gasteiger partial charge in [0, 0.05) is 49.8 Å². The first-order chi connectivity index (χ1) is 18.8. The lowest BCUT2D eigenvalue weighted by molar-refractivity contribution is 0.0698. The van der Waals surface area contributed by atoms with Crippen molar-refractivity contribution >= 4 is 28.8 Å². The molecule has 1 saturated heterocycles. The Morgan fingerprint density at radius 3 is 2.54 bits per heavy atom. The quantitative estimate of drug-likeness (QED) is 0.388. The van der Waals surface area contributed by atoms with E-state index in [1.807, 2.05) is 32.0 Å². The SMILES string of the molecule is Cc1cc(C(C)Nc2ccccc2C(=O)O)c2nc(N3CCN(c4cccnc4C#N)CC3)c(C)c(=O)n2c1. The number of pyridine rings is 2. The van der Waals surface area contributed by atoms with E-state index in [0.717, 1.165) is 16.8 Å². The van der Waals surface area contributed by atoms with Crippen LogP contribution in [-0.4, -0.2) is 51.6 Å². The van der Waals surface area contributed by atoms with Crippen LogP contribution < -0.4 is 20.7 Å². The fourth-order valence-corrected chi connectivity index (χ4v) is 5.11. The Hall–Kier alpha value is -4.91. The van der Waals surface area contributed by atoms with Gasteiger partial charge >= 0.3 is 5.97 Å². The number of benzene rings is 1. The molecular weight excluding hydrogens is 494 g/mol. The third kappa shape index (κ3) is 4.86. The molecule has 1 aliphatic rings. The predicted molar refractivity (Wildman–Crippen MR) is 150 cm³/mol. The molecule has 1 atom stereocenters. The molecule has 0 aliphatic carbocycles. The normalized spacial score (nSPS) is 14.2. The van der Waals surface area contributed by atoms with Crippen LogP contribution in [0.15, 0.2) is 59.7 Å². The maximum Gasteiger partial charge on any atom is 0.337 e. The topological polar surface area (TPSA) is 127 Å². The maximum absolute atomic E-state index is 13.5. The zero-order chi connectivity index (χ0) is 27.7. The van der Waals surface area contributed by atoms with Gasteiger partial charge < -0.3 is 20.2 Å². The average molecular weight is 524 g/mol. The molecule has 0 spiro atoms. The number of carboxylic acid groups (broad SMARTS) is 1. The summed E-state index contributed by atoms with van der Waals surface area (Å²) in [7, 11) is 0. The Bertz CT molecular complexity index is 1670. The van der Waals surface area contributed by atoms with Crippen molar-refractivity contribution in [3.8, 4) is 6.07 Å². The summed E-state index contributed by atoms with van der Waals surface area (Å²) in [6.45, 7) is 8.22. The minimum atomic E-state index is -1.01. The van der Waals surface area contributed by atoms with E-state index in [4.69, 9.17) is 4.98 Å².